The van der Waals surface area contributed by atoms with Gasteiger partial charge in [-0.05, 0) is 97.6 Å². The van der Waals surface area contributed by atoms with Crippen LogP contribution in [-0.4, -0.2) is 10.8 Å². The van der Waals surface area contributed by atoms with Gasteiger partial charge in [-0.15, -0.1) is 0 Å². The molecule has 0 amide bonds. The summed E-state index contributed by atoms with van der Waals surface area (Å²) in [7, 11) is 0. The van der Waals surface area contributed by atoms with Gasteiger partial charge in [-0.3, -0.25) is 9.78 Å². The third kappa shape index (κ3) is 3.02. The van der Waals surface area contributed by atoms with Gasteiger partial charge in [0.2, 0.25) is 0 Å². The van der Waals surface area contributed by atoms with E-state index in [1.165, 1.54) is 30.4 Å². The van der Waals surface area contributed by atoms with Crippen LogP contribution in [0.4, 0.5) is 0 Å². The van der Waals surface area contributed by atoms with Crippen molar-refractivity contribution in [3.8, 4) is 0 Å². The number of hydrogen-bond acceptors (Lipinski definition) is 2. The number of nitrogens with zero attached hydrogens (tertiary/aromatic N) is 1. The number of Topliss-reactive ketones (excluding diaryl/α,β-unsaturated/α-hetero) is 1. The van der Waals surface area contributed by atoms with Crippen molar-refractivity contribution < 1.29 is 4.79 Å². The third-order valence-electron chi connectivity index (χ3n) is 7.50. The largest absolute Gasteiger partial charge is 0.299 e. The zero-order valence-electron chi connectivity index (χ0n) is 15.7. The Labute approximate surface area is 166 Å². The third-order valence-corrected chi connectivity index (χ3v) is 7.75. The van der Waals surface area contributed by atoms with E-state index >= 15 is 0 Å². The molecule has 2 aromatic rings. The minimum Gasteiger partial charge on any atom is -0.299 e. The van der Waals surface area contributed by atoms with Gasteiger partial charge in [0, 0.05) is 29.3 Å². The molecule has 1 aromatic carbocycles. The monoisotopic (exact) mass is 379 g/mol. The van der Waals surface area contributed by atoms with E-state index in [1.54, 1.807) is 0 Å². The molecule has 6 rings (SSSR count). The van der Waals surface area contributed by atoms with Gasteiger partial charge in [-0.25, -0.2) is 0 Å². The van der Waals surface area contributed by atoms with Gasteiger partial charge in [0.05, 0.1) is 0 Å². The predicted molar refractivity (Wildman–Crippen MR) is 108 cm³/mol. The van der Waals surface area contributed by atoms with Crippen molar-refractivity contribution in [3.05, 3.63) is 64.9 Å². The minimum absolute atomic E-state index is 0.0866. The maximum atomic E-state index is 13.5. The smallest absolute Gasteiger partial charge is 0.139 e. The van der Waals surface area contributed by atoms with Crippen LogP contribution in [0, 0.1) is 17.3 Å². The maximum absolute atomic E-state index is 13.5. The van der Waals surface area contributed by atoms with E-state index in [4.69, 9.17) is 11.6 Å². The fourth-order valence-electron chi connectivity index (χ4n) is 6.80. The van der Waals surface area contributed by atoms with Gasteiger partial charge in [0.15, 0.2) is 0 Å². The topological polar surface area (TPSA) is 30.0 Å². The van der Waals surface area contributed by atoms with Gasteiger partial charge in [-0.2, -0.15) is 0 Å². The highest BCUT2D eigenvalue weighted by Crippen LogP contribution is 2.66. The highest BCUT2D eigenvalue weighted by atomic mass is 35.5. The molecule has 4 aliphatic carbocycles. The molecule has 1 aromatic heterocycles. The van der Waals surface area contributed by atoms with Gasteiger partial charge in [0.25, 0.3) is 0 Å². The van der Waals surface area contributed by atoms with E-state index in [0.29, 0.717) is 24.0 Å². The Balaban J connectivity index is 1.41. The zero-order chi connectivity index (χ0) is 18.5. The number of carbonyl (C=O) groups excluding carboxylic acids is 1. The average molecular weight is 380 g/mol. The quantitative estimate of drug-likeness (QED) is 0.659. The van der Waals surface area contributed by atoms with Gasteiger partial charge < -0.3 is 0 Å². The number of hydrogen-bond donors (Lipinski definition) is 0. The molecule has 4 saturated carbocycles. The van der Waals surface area contributed by atoms with Crippen LogP contribution in [-0.2, 0) is 16.6 Å². The second-order valence-corrected chi connectivity index (χ2v) is 9.74. The summed E-state index contributed by atoms with van der Waals surface area (Å²) in [6.45, 7) is 0. The molecule has 0 N–H and O–H groups in total. The van der Waals surface area contributed by atoms with Crippen molar-refractivity contribution in [1.82, 2.24) is 4.98 Å². The Kier molecular flexibility index (Phi) is 4.16. The first-order valence-electron chi connectivity index (χ1n) is 10.3. The summed E-state index contributed by atoms with van der Waals surface area (Å²) in [6.07, 6.45) is 12.3. The number of carbonyl (C=O) groups is 1. The normalized spacial score (nSPS) is 34.0. The van der Waals surface area contributed by atoms with Crippen molar-refractivity contribution >= 4 is 17.4 Å². The Hall–Kier alpha value is -1.67. The molecule has 2 unspecified atom stereocenters. The van der Waals surface area contributed by atoms with Gasteiger partial charge in [-0.1, -0.05) is 23.7 Å². The van der Waals surface area contributed by atoms with Crippen molar-refractivity contribution in [3.63, 3.8) is 0 Å². The number of aromatic nitrogens is 1. The van der Waals surface area contributed by atoms with Gasteiger partial charge in [0.1, 0.15) is 5.78 Å². The van der Waals surface area contributed by atoms with E-state index in [0.717, 1.165) is 30.7 Å². The van der Waals surface area contributed by atoms with E-state index in [1.807, 2.05) is 36.7 Å². The van der Waals surface area contributed by atoms with E-state index in [9.17, 15) is 4.79 Å². The van der Waals surface area contributed by atoms with Crippen LogP contribution in [0.5, 0.6) is 0 Å². The summed E-state index contributed by atoms with van der Waals surface area (Å²) >= 11 is 6.14. The van der Waals surface area contributed by atoms with Crippen molar-refractivity contribution in [2.45, 2.75) is 56.8 Å². The number of benzene rings is 1. The molecule has 3 heteroatoms. The number of pyridine rings is 1. The predicted octanol–water partition coefficient (Wildman–Crippen LogP) is 5.77. The first kappa shape index (κ1) is 17.4. The SMILES string of the molecule is O=C(CCc1ccncc1)C12CC3CC(C1)CC(c1ccc(Cl)cc1)(C3)C2. The first-order chi connectivity index (χ1) is 13.1. The fraction of sp³-hybridized carbons (Fsp3) is 0.500. The lowest BCUT2D eigenvalue weighted by Gasteiger charge is -2.62. The lowest BCUT2D eigenvalue weighted by molar-refractivity contribution is -0.146. The second kappa shape index (κ2) is 6.44. The van der Waals surface area contributed by atoms with Crippen LogP contribution < -0.4 is 0 Å². The molecule has 0 radical (unpaired) electrons. The average Bonchev–Trinajstić information content (AvgIpc) is 2.66. The molecule has 4 fully saturated rings. The minimum atomic E-state index is -0.0866. The zero-order valence-corrected chi connectivity index (χ0v) is 16.4. The molecule has 0 saturated heterocycles. The van der Waals surface area contributed by atoms with Crippen LogP contribution >= 0.6 is 11.6 Å². The van der Waals surface area contributed by atoms with Crippen LogP contribution in [0.1, 0.15) is 56.1 Å². The van der Waals surface area contributed by atoms with E-state index in [2.05, 4.69) is 17.1 Å². The van der Waals surface area contributed by atoms with E-state index < -0.39 is 0 Å². The number of aryl methyl sites for hydroxylation is 1. The van der Waals surface area contributed by atoms with Crippen LogP contribution in [0.3, 0.4) is 0 Å². The Morgan fingerprint density at radius 1 is 1.00 bits per heavy atom. The molecule has 2 nitrogen and oxygen atoms in total. The maximum Gasteiger partial charge on any atom is 0.139 e. The van der Waals surface area contributed by atoms with Crippen LogP contribution in [0.15, 0.2) is 48.8 Å². The highest BCUT2D eigenvalue weighted by molar-refractivity contribution is 6.30. The highest BCUT2D eigenvalue weighted by Gasteiger charge is 2.60. The Morgan fingerprint density at radius 3 is 2.33 bits per heavy atom. The standard InChI is InChI=1S/C24H26ClNO/c25-21-4-2-20(3-5-21)23-12-18-11-19(13-23)15-24(14-18,16-23)22(27)6-1-17-7-9-26-10-8-17/h2-5,7-10,18-19H,1,6,11-16H2. The second-order valence-electron chi connectivity index (χ2n) is 9.31. The molecular formula is C24H26ClNO. The summed E-state index contributed by atoms with van der Waals surface area (Å²) in [5.74, 6) is 1.94. The lowest BCUT2D eigenvalue weighted by atomic mass is 9.42. The molecule has 0 aliphatic heterocycles. The molecule has 2 atom stereocenters. The molecule has 0 spiro atoms. The summed E-state index contributed by atoms with van der Waals surface area (Å²) in [6, 6.07) is 12.5. The fourth-order valence-corrected chi connectivity index (χ4v) is 6.93. The van der Waals surface area contributed by atoms with Crippen LogP contribution in [0.2, 0.25) is 5.02 Å². The molecule has 1 heterocycles. The molecule has 4 bridgehead atoms. The number of ketones is 1. The lowest BCUT2D eigenvalue weighted by Crippen LogP contribution is -2.56. The first-order valence-corrected chi connectivity index (χ1v) is 10.6. The van der Waals surface area contributed by atoms with Crippen molar-refractivity contribution in [2.24, 2.45) is 17.3 Å². The number of halogens is 1. The molecule has 27 heavy (non-hydrogen) atoms. The van der Waals surface area contributed by atoms with Crippen LogP contribution in [0.25, 0.3) is 0 Å². The van der Waals surface area contributed by atoms with Crippen molar-refractivity contribution in [1.29, 1.82) is 0 Å². The van der Waals surface area contributed by atoms with Gasteiger partial charge >= 0.3 is 0 Å². The summed E-state index contributed by atoms with van der Waals surface area (Å²) in [5.41, 5.74) is 2.74. The molecular weight excluding hydrogens is 354 g/mol. The summed E-state index contributed by atoms with van der Waals surface area (Å²) < 4.78 is 0. The summed E-state index contributed by atoms with van der Waals surface area (Å²) in [4.78, 5) is 17.5. The Bertz CT molecular complexity index is 830. The van der Waals surface area contributed by atoms with Crippen molar-refractivity contribution in [2.75, 3.05) is 0 Å². The molecule has 4 aliphatic rings. The Morgan fingerprint density at radius 2 is 1.67 bits per heavy atom. The number of rotatable bonds is 5. The van der Waals surface area contributed by atoms with E-state index in [-0.39, 0.29) is 10.8 Å². The summed E-state index contributed by atoms with van der Waals surface area (Å²) in [5, 5.41) is 0.798. The molecule has 140 valence electrons.